The number of nitrogens with zero attached hydrogens (tertiary/aromatic N) is 1. The number of amides is 3. The van der Waals surface area contributed by atoms with E-state index in [1.165, 1.54) is 13.2 Å². The lowest BCUT2D eigenvalue weighted by Gasteiger charge is -2.18. The molecular formula is C18H26N4O7. The van der Waals surface area contributed by atoms with Crippen LogP contribution in [-0.4, -0.2) is 73.2 Å². The number of rotatable bonds is 11. The second kappa shape index (κ2) is 9.61. The van der Waals surface area contributed by atoms with Crippen LogP contribution in [0.3, 0.4) is 0 Å². The number of carbonyl (C=O) groups excluding carboxylic acids is 4. The van der Waals surface area contributed by atoms with Crippen molar-refractivity contribution < 1.29 is 33.2 Å². The van der Waals surface area contributed by atoms with Crippen LogP contribution in [0.5, 0.6) is 0 Å². The highest BCUT2D eigenvalue weighted by molar-refractivity contribution is 5.98. The van der Waals surface area contributed by atoms with Crippen LogP contribution in [0, 0.1) is 0 Å². The van der Waals surface area contributed by atoms with Gasteiger partial charge in [0.05, 0.1) is 25.8 Å². The van der Waals surface area contributed by atoms with Gasteiger partial charge < -0.3 is 29.9 Å². The molecule has 1 unspecified atom stereocenters. The van der Waals surface area contributed by atoms with Gasteiger partial charge in [-0.3, -0.25) is 19.2 Å². The smallest absolute Gasteiger partial charge is 0.274 e. The minimum Gasteiger partial charge on any atom is -0.382 e. The third-order valence-electron chi connectivity index (χ3n) is 4.39. The number of ketones is 1. The predicted molar refractivity (Wildman–Crippen MR) is 99.0 cm³/mol. The van der Waals surface area contributed by atoms with Gasteiger partial charge in [0.2, 0.25) is 11.8 Å². The molecule has 1 saturated heterocycles. The van der Waals surface area contributed by atoms with E-state index in [0.29, 0.717) is 18.8 Å². The second-order valence-corrected chi connectivity index (χ2v) is 6.90. The van der Waals surface area contributed by atoms with Gasteiger partial charge in [-0.2, -0.15) is 0 Å². The molecule has 1 aliphatic heterocycles. The van der Waals surface area contributed by atoms with Crippen molar-refractivity contribution in [1.82, 2.24) is 21.1 Å². The molecule has 0 saturated carbocycles. The Morgan fingerprint density at radius 2 is 2.00 bits per heavy atom. The van der Waals surface area contributed by atoms with Gasteiger partial charge in [0.15, 0.2) is 11.5 Å². The van der Waals surface area contributed by atoms with Crippen molar-refractivity contribution in [2.45, 2.75) is 44.9 Å². The summed E-state index contributed by atoms with van der Waals surface area (Å²) < 4.78 is 15.0. The summed E-state index contributed by atoms with van der Waals surface area (Å²) in [6.45, 7) is 4.89. The van der Waals surface area contributed by atoms with Crippen LogP contribution >= 0.6 is 0 Å². The first-order valence-corrected chi connectivity index (χ1v) is 9.21. The van der Waals surface area contributed by atoms with E-state index < -0.39 is 35.4 Å². The summed E-state index contributed by atoms with van der Waals surface area (Å²) in [7, 11) is 1.37. The van der Waals surface area contributed by atoms with Gasteiger partial charge in [-0.15, -0.1) is 0 Å². The Bertz CT molecular complexity index is 772. The molecule has 0 aliphatic carbocycles. The van der Waals surface area contributed by atoms with E-state index in [4.69, 9.17) is 14.0 Å². The van der Waals surface area contributed by atoms with Crippen LogP contribution in [0.25, 0.3) is 0 Å². The molecule has 11 nitrogen and oxygen atoms in total. The molecule has 1 aromatic heterocycles. The normalized spacial score (nSPS) is 19.7. The van der Waals surface area contributed by atoms with Gasteiger partial charge in [0.25, 0.3) is 5.91 Å². The molecule has 0 spiro atoms. The highest BCUT2D eigenvalue weighted by Gasteiger charge is 2.48. The number of carbonyl (C=O) groups is 4. The van der Waals surface area contributed by atoms with Gasteiger partial charge in [0, 0.05) is 19.6 Å². The maximum atomic E-state index is 12.3. The summed E-state index contributed by atoms with van der Waals surface area (Å²) in [6.07, 6.45) is 0.573. The van der Waals surface area contributed by atoms with Crippen molar-refractivity contribution in [3.05, 3.63) is 17.5 Å². The molecule has 29 heavy (non-hydrogen) atoms. The van der Waals surface area contributed by atoms with Gasteiger partial charge >= 0.3 is 0 Å². The Morgan fingerprint density at radius 3 is 2.55 bits per heavy atom. The summed E-state index contributed by atoms with van der Waals surface area (Å²) in [5, 5.41) is 11.0. The summed E-state index contributed by atoms with van der Waals surface area (Å²) in [6, 6.07) is -0.311. The molecule has 3 atom stereocenters. The third kappa shape index (κ3) is 6.09. The van der Waals surface area contributed by atoms with Crippen molar-refractivity contribution in [2.24, 2.45) is 0 Å². The summed E-state index contributed by atoms with van der Waals surface area (Å²) in [5.74, 6) is -1.47. The first kappa shape index (κ1) is 22.5. The summed E-state index contributed by atoms with van der Waals surface area (Å²) in [5.41, 5.74) is -0.806. The number of aryl methyl sites for hydroxylation is 1. The minimum absolute atomic E-state index is 0.0385. The highest BCUT2D eigenvalue weighted by atomic mass is 16.6. The molecule has 0 bridgehead atoms. The van der Waals surface area contributed by atoms with Crippen molar-refractivity contribution in [2.75, 3.05) is 26.9 Å². The van der Waals surface area contributed by atoms with E-state index in [2.05, 4.69) is 21.1 Å². The van der Waals surface area contributed by atoms with Crippen LogP contribution in [0.4, 0.5) is 0 Å². The molecule has 3 N–H and O–H groups in total. The van der Waals surface area contributed by atoms with Crippen molar-refractivity contribution in [3.8, 4) is 0 Å². The largest absolute Gasteiger partial charge is 0.382 e. The maximum Gasteiger partial charge on any atom is 0.274 e. The molecule has 1 aromatic rings. The van der Waals surface area contributed by atoms with Crippen molar-refractivity contribution in [1.29, 1.82) is 0 Å². The van der Waals surface area contributed by atoms with Gasteiger partial charge in [-0.25, -0.2) is 0 Å². The van der Waals surface area contributed by atoms with E-state index in [1.807, 2.05) is 6.92 Å². The summed E-state index contributed by atoms with van der Waals surface area (Å²) in [4.78, 5) is 48.6. The molecule has 0 radical (unpaired) electrons. The zero-order chi connectivity index (χ0) is 21.6. The number of hydrogen-bond donors (Lipinski definition) is 3. The van der Waals surface area contributed by atoms with Crippen LogP contribution < -0.4 is 16.0 Å². The summed E-state index contributed by atoms with van der Waals surface area (Å²) >= 11 is 0. The Kier molecular flexibility index (Phi) is 7.46. The van der Waals surface area contributed by atoms with Gasteiger partial charge in [-0.1, -0.05) is 12.1 Å². The fraction of sp³-hybridized carbons (Fsp3) is 0.611. The average Bonchev–Trinajstić information content (AvgIpc) is 3.26. The standard InChI is InChI=1S/C18H26N4O7/c1-5-11-6-12(22-29-11)17(26)21-13(8-27-4)16(25)19-7-14(23)20-10(2)15(24)18(3)9-28-18/h6,10,13H,5,7-9H2,1-4H3,(H,19,25)(H,20,23)(H,21,26)/t10-,13-,18?/m0/s1. The zero-order valence-electron chi connectivity index (χ0n) is 16.9. The number of methoxy groups -OCH3 is 1. The van der Waals surface area contributed by atoms with Gasteiger partial charge in [0.1, 0.15) is 17.4 Å². The fourth-order valence-corrected chi connectivity index (χ4v) is 2.53. The highest BCUT2D eigenvalue weighted by Crippen LogP contribution is 2.28. The van der Waals surface area contributed by atoms with Crippen LogP contribution in [0.1, 0.15) is 37.0 Å². The van der Waals surface area contributed by atoms with E-state index in [9.17, 15) is 19.2 Å². The maximum absolute atomic E-state index is 12.3. The molecule has 1 fully saturated rings. The lowest BCUT2D eigenvalue weighted by molar-refractivity contribution is -0.131. The van der Waals surface area contributed by atoms with Crippen molar-refractivity contribution in [3.63, 3.8) is 0 Å². The molecule has 11 heteroatoms. The third-order valence-corrected chi connectivity index (χ3v) is 4.39. The quantitative estimate of drug-likeness (QED) is 0.391. The Labute approximate surface area is 167 Å². The molecule has 1 aliphatic rings. The lowest BCUT2D eigenvalue weighted by atomic mass is 10.0. The number of Topliss-reactive ketones (excluding diaryl/α,β-unsaturated/α-hetero) is 1. The van der Waals surface area contributed by atoms with Crippen molar-refractivity contribution >= 4 is 23.5 Å². The van der Waals surface area contributed by atoms with Gasteiger partial charge in [-0.05, 0) is 13.8 Å². The first-order valence-electron chi connectivity index (χ1n) is 9.21. The second-order valence-electron chi connectivity index (χ2n) is 6.90. The van der Waals surface area contributed by atoms with Crippen LogP contribution in [0.2, 0.25) is 0 Å². The average molecular weight is 410 g/mol. The van der Waals surface area contributed by atoms with E-state index in [-0.39, 0.29) is 24.6 Å². The fourth-order valence-electron chi connectivity index (χ4n) is 2.53. The Balaban J connectivity index is 1.84. The zero-order valence-corrected chi connectivity index (χ0v) is 16.9. The SMILES string of the molecule is CCc1cc(C(=O)N[C@@H](COC)C(=O)NCC(=O)N[C@@H](C)C(=O)C2(C)CO2)no1. The lowest BCUT2D eigenvalue weighted by Crippen LogP contribution is -2.52. The monoisotopic (exact) mass is 410 g/mol. The van der Waals surface area contributed by atoms with E-state index in [0.717, 1.165) is 0 Å². The molecule has 160 valence electrons. The molecule has 0 aromatic carbocycles. The van der Waals surface area contributed by atoms with Crippen LogP contribution in [0.15, 0.2) is 10.6 Å². The molecule has 2 heterocycles. The van der Waals surface area contributed by atoms with E-state index in [1.54, 1.807) is 13.8 Å². The number of epoxide rings is 1. The number of nitrogens with one attached hydrogen (secondary N) is 3. The first-order chi connectivity index (χ1) is 13.7. The predicted octanol–water partition coefficient (Wildman–Crippen LogP) is -1.04. The minimum atomic E-state index is -1.04. The molecular weight excluding hydrogens is 384 g/mol. The molecule has 3 amide bonds. The molecule has 2 rings (SSSR count). The number of aromatic nitrogens is 1. The topological polar surface area (TPSA) is 152 Å². The Hall–Kier alpha value is -2.79. The van der Waals surface area contributed by atoms with E-state index >= 15 is 0 Å². The Morgan fingerprint density at radius 1 is 1.31 bits per heavy atom. The van der Waals surface area contributed by atoms with Crippen LogP contribution in [-0.2, 0) is 30.3 Å². The number of hydrogen-bond acceptors (Lipinski definition) is 8. The number of ether oxygens (including phenoxy) is 2.